The van der Waals surface area contributed by atoms with Gasteiger partial charge in [0.05, 0.1) is 0 Å². The van der Waals surface area contributed by atoms with Gasteiger partial charge in [0.25, 0.3) is 0 Å². The van der Waals surface area contributed by atoms with E-state index < -0.39 is 0 Å². The van der Waals surface area contributed by atoms with Crippen molar-refractivity contribution in [1.82, 2.24) is 10.2 Å². The molecule has 0 amide bonds. The molecule has 0 spiro atoms. The van der Waals surface area contributed by atoms with Crippen molar-refractivity contribution in [3.05, 3.63) is 0 Å². The topological polar surface area (TPSA) is 15.3 Å². The molecule has 2 rings (SSSR count). The minimum absolute atomic E-state index is 0.719. The predicted molar refractivity (Wildman–Crippen MR) is 83.5 cm³/mol. The van der Waals surface area contributed by atoms with E-state index in [0.29, 0.717) is 0 Å². The van der Waals surface area contributed by atoms with Crippen molar-refractivity contribution in [2.75, 3.05) is 20.6 Å². The number of hydrogen-bond acceptors (Lipinski definition) is 2. The van der Waals surface area contributed by atoms with Crippen LogP contribution < -0.4 is 5.32 Å². The Kier molecular flexibility index (Phi) is 6.15. The molecule has 0 radical (unpaired) electrons. The molecule has 0 bridgehead atoms. The van der Waals surface area contributed by atoms with Crippen LogP contribution in [0.5, 0.6) is 0 Å². The van der Waals surface area contributed by atoms with Crippen LogP contribution in [0.2, 0.25) is 0 Å². The average Bonchev–Trinajstić information content (AvgIpc) is 2.47. The lowest BCUT2D eigenvalue weighted by Crippen LogP contribution is -2.52. The summed E-state index contributed by atoms with van der Waals surface area (Å²) < 4.78 is 0. The number of rotatable bonds is 5. The molecule has 0 aromatic rings. The quantitative estimate of drug-likeness (QED) is 0.817. The highest BCUT2D eigenvalue weighted by Crippen LogP contribution is 2.31. The lowest BCUT2D eigenvalue weighted by molar-refractivity contribution is 0.0993. The Balaban J connectivity index is 1.88. The largest absolute Gasteiger partial charge is 0.315 e. The Labute approximate surface area is 120 Å². The Morgan fingerprint density at radius 3 is 2.37 bits per heavy atom. The molecule has 19 heavy (non-hydrogen) atoms. The van der Waals surface area contributed by atoms with Crippen LogP contribution in [0.25, 0.3) is 0 Å². The van der Waals surface area contributed by atoms with E-state index in [9.17, 15) is 0 Å². The molecular weight excluding hydrogens is 232 g/mol. The maximum Gasteiger partial charge on any atom is 0.0248 e. The van der Waals surface area contributed by atoms with Crippen molar-refractivity contribution in [2.24, 2.45) is 11.8 Å². The van der Waals surface area contributed by atoms with Crippen LogP contribution in [0, 0.1) is 11.8 Å². The summed E-state index contributed by atoms with van der Waals surface area (Å²) in [7, 11) is 4.53. The summed E-state index contributed by atoms with van der Waals surface area (Å²) in [6, 6.07) is 1.49. The average molecular weight is 266 g/mol. The van der Waals surface area contributed by atoms with E-state index in [1.165, 1.54) is 64.3 Å². The molecule has 2 aliphatic carbocycles. The van der Waals surface area contributed by atoms with Gasteiger partial charge in [-0.1, -0.05) is 32.6 Å². The molecule has 2 saturated carbocycles. The van der Waals surface area contributed by atoms with E-state index in [-0.39, 0.29) is 0 Å². The summed E-state index contributed by atoms with van der Waals surface area (Å²) in [6.07, 6.45) is 12.9. The van der Waals surface area contributed by atoms with Gasteiger partial charge in [0.15, 0.2) is 0 Å². The van der Waals surface area contributed by atoms with Gasteiger partial charge < -0.3 is 10.2 Å². The Hall–Kier alpha value is -0.0800. The summed E-state index contributed by atoms with van der Waals surface area (Å²) in [4.78, 5) is 2.69. The Bertz CT molecular complexity index is 248. The van der Waals surface area contributed by atoms with E-state index in [4.69, 9.17) is 0 Å². The highest BCUT2D eigenvalue weighted by molar-refractivity contribution is 4.90. The first-order valence-corrected chi connectivity index (χ1v) is 8.62. The normalized spacial score (nSPS) is 33.8. The van der Waals surface area contributed by atoms with Gasteiger partial charge in [0.2, 0.25) is 0 Å². The maximum atomic E-state index is 3.58. The number of hydrogen-bond donors (Lipinski definition) is 1. The highest BCUT2D eigenvalue weighted by Gasteiger charge is 2.32. The second kappa shape index (κ2) is 7.64. The summed E-state index contributed by atoms with van der Waals surface area (Å²) in [6.45, 7) is 3.70. The standard InChI is InChI=1S/C17H34N2/c1-4-14-10-11-16(18-2)17(12-14)19(3)13-15-8-6-5-7-9-15/h14-18H,4-13H2,1-3H3. The fourth-order valence-electron chi connectivity index (χ4n) is 4.34. The third-order valence-corrected chi connectivity index (χ3v) is 5.71. The van der Waals surface area contributed by atoms with E-state index in [2.05, 4.69) is 31.2 Å². The summed E-state index contributed by atoms with van der Waals surface area (Å²) in [5.74, 6) is 1.93. The van der Waals surface area contributed by atoms with Gasteiger partial charge in [0, 0.05) is 18.6 Å². The Morgan fingerprint density at radius 1 is 1.00 bits per heavy atom. The molecule has 2 heteroatoms. The third kappa shape index (κ3) is 4.19. The molecule has 3 atom stereocenters. The van der Waals surface area contributed by atoms with Gasteiger partial charge in [-0.15, -0.1) is 0 Å². The number of nitrogens with one attached hydrogen (secondary N) is 1. The summed E-state index contributed by atoms with van der Waals surface area (Å²) in [5, 5.41) is 3.58. The van der Waals surface area contributed by atoms with Crippen LogP contribution >= 0.6 is 0 Å². The fraction of sp³-hybridized carbons (Fsp3) is 1.00. The molecular formula is C17H34N2. The molecule has 0 heterocycles. The van der Waals surface area contributed by atoms with Crippen LogP contribution in [0.3, 0.4) is 0 Å². The number of nitrogens with zero attached hydrogens (tertiary/aromatic N) is 1. The van der Waals surface area contributed by atoms with Crippen LogP contribution in [0.4, 0.5) is 0 Å². The first-order valence-electron chi connectivity index (χ1n) is 8.62. The van der Waals surface area contributed by atoms with Crippen LogP contribution in [-0.4, -0.2) is 37.6 Å². The molecule has 2 fully saturated rings. The van der Waals surface area contributed by atoms with Crippen molar-refractivity contribution in [2.45, 2.75) is 76.8 Å². The fourth-order valence-corrected chi connectivity index (χ4v) is 4.34. The van der Waals surface area contributed by atoms with Crippen molar-refractivity contribution in [3.8, 4) is 0 Å². The molecule has 0 aromatic heterocycles. The smallest absolute Gasteiger partial charge is 0.0248 e. The maximum absolute atomic E-state index is 3.58. The predicted octanol–water partition coefficient (Wildman–Crippen LogP) is 3.67. The Morgan fingerprint density at radius 2 is 1.74 bits per heavy atom. The summed E-state index contributed by atoms with van der Waals surface area (Å²) >= 11 is 0. The molecule has 0 aromatic carbocycles. The lowest BCUT2D eigenvalue weighted by Gasteiger charge is -2.42. The van der Waals surface area contributed by atoms with Crippen LogP contribution in [-0.2, 0) is 0 Å². The van der Waals surface area contributed by atoms with Crippen molar-refractivity contribution < 1.29 is 0 Å². The molecule has 2 aliphatic rings. The molecule has 3 unspecified atom stereocenters. The summed E-state index contributed by atoms with van der Waals surface area (Å²) in [5.41, 5.74) is 0. The van der Waals surface area contributed by atoms with Gasteiger partial charge in [-0.05, 0) is 58.0 Å². The second-order valence-electron chi connectivity index (χ2n) is 6.99. The van der Waals surface area contributed by atoms with Crippen LogP contribution in [0.15, 0.2) is 0 Å². The van der Waals surface area contributed by atoms with E-state index in [1.54, 1.807) is 0 Å². The number of likely N-dealkylation sites (N-methyl/N-ethyl adjacent to an activating group) is 2. The van der Waals surface area contributed by atoms with Crippen molar-refractivity contribution >= 4 is 0 Å². The highest BCUT2D eigenvalue weighted by atomic mass is 15.2. The van der Waals surface area contributed by atoms with E-state index in [0.717, 1.165) is 23.9 Å². The second-order valence-corrected chi connectivity index (χ2v) is 6.99. The van der Waals surface area contributed by atoms with Gasteiger partial charge in [0.1, 0.15) is 0 Å². The van der Waals surface area contributed by atoms with Gasteiger partial charge in [-0.25, -0.2) is 0 Å². The lowest BCUT2D eigenvalue weighted by atomic mass is 9.79. The van der Waals surface area contributed by atoms with Gasteiger partial charge in [-0.2, -0.15) is 0 Å². The molecule has 0 saturated heterocycles. The zero-order chi connectivity index (χ0) is 13.7. The monoisotopic (exact) mass is 266 g/mol. The van der Waals surface area contributed by atoms with Gasteiger partial charge >= 0.3 is 0 Å². The van der Waals surface area contributed by atoms with Crippen molar-refractivity contribution in [3.63, 3.8) is 0 Å². The minimum atomic E-state index is 0.719. The van der Waals surface area contributed by atoms with E-state index >= 15 is 0 Å². The first-order chi connectivity index (χ1) is 9.24. The zero-order valence-electron chi connectivity index (χ0n) is 13.3. The molecule has 1 N–H and O–H groups in total. The molecule has 0 aliphatic heterocycles. The van der Waals surface area contributed by atoms with Crippen molar-refractivity contribution in [1.29, 1.82) is 0 Å². The van der Waals surface area contributed by atoms with Gasteiger partial charge in [-0.3, -0.25) is 0 Å². The first kappa shape index (κ1) is 15.3. The SMILES string of the molecule is CCC1CCC(NC)C(N(C)CC2CCCCC2)C1. The zero-order valence-corrected chi connectivity index (χ0v) is 13.3. The van der Waals surface area contributed by atoms with E-state index in [1.807, 2.05) is 0 Å². The van der Waals surface area contributed by atoms with Crippen LogP contribution in [0.1, 0.15) is 64.7 Å². The molecule has 2 nitrogen and oxygen atoms in total. The minimum Gasteiger partial charge on any atom is -0.315 e. The molecule has 112 valence electrons. The third-order valence-electron chi connectivity index (χ3n) is 5.71.